The topological polar surface area (TPSA) is 75.7 Å². The lowest BCUT2D eigenvalue weighted by Crippen LogP contribution is -2.92. The first-order chi connectivity index (χ1) is 11.0. The SMILES string of the molecule is COc1ccc(CC[NH2+][C@@H]2CC(=O)N(N(C)C)C2=O)cc1OC. The number of nitrogens with zero attached hydrogens (tertiary/aromatic N) is 2. The van der Waals surface area contributed by atoms with Crippen LogP contribution >= 0.6 is 0 Å². The van der Waals surface area contributed by atoms with E-state index < -0.39 is 0 Å². The third-order valence-corrected chi connectivity index (χ3v) is 3.89. The Bertz CT molecular complexity index is 589. The first kappa shape index (κ1) is 17.2. The molecule has 2 amide bonds. The number of methoxy groups -OCH3 is 2. The number of benzene rings is 1. The number of quaternary nitrogens is 1. The number of hydrogen-bond acceptors (Lipinski definition) is 5. The second-order valence-corrected chi connectivity index (χ2v) is 5.67. The number of hydrazine groups is 1. The molecule has 7 nitrogen and oxygen atoms in total. The van der Waals surface area contributed by atoms with Gasteiger partial charge in [-0.1, -0.05) is 6.07 Å². The van der Waals surface area contributed by atoms with Gasteiger partial charge in [0.2, 0.25) is 0 Å². The molecule has 1 aromatic rings. The molecular weight excluding hydrogens is 298 g/mol. The van der Waals surface area contributed by atoms with Gasteiger partial charge in [-0.15, -0.1) is 0 Å². The maximum atomic E-state index is 12.2. The number of carbonyl (C=O) groups is 2. The molecule has 0 radical (unpaired) electrons. The monoisotopic (exact) mass is 322 g/mol. The van der Waals surface area contributed by atoms with Crippen LogP contribution in [-0.2, 0) is 16.0 Å². The molecule has 0 aliphatic carbocycles. The van der Waals surface area contributed by atoms with Gasteiger partial charge in [-0.05, 0) is 17.7 Å². The van der Waals surface area contributed by atoms with Gasteiger partial charge < -0.3 is 14.8 Å². The fourth-order valence-corrected chi connectivity index (χ4v) is 2.73. The van der Waals surface area contributed by atoms with Crippen molar-refractivity contribution in [2.24, 2.45) is 0 Å². The Morgan fingerprint density at radius 2 is 1.91 bits per heavy atom. The smallest absolute Gasteiger partial charge is 0.302 e. The predicted octanol–water partition coefficient (Wildman–Crippen LogP) is -0.586. The zero-order chi connectivity index (χ0) is 17.0. The van der Waals surface area contributed by atoms with E-state index in [1.54, 1.807) is 28.3 Å². The lowest BCUT2D eigenvalue weighted by Gasteiger charge is -2.20. The lowest BCUT2D eigenvalue weighted by atomic mass is 10.1. The summed E-state index contributed by atoms with van der Waals surface area (Å²) in [5.74, 6) is 1.09. The highest BCUT2D eigenvalue weighted by molar-refractivity contribution is 6.04. The van der Waals surface area contributed by atoms with Crippen LogP contribution in [0, 0.1) is 0 Å². The van der Waals surface area contributed by atoms with Crippen molar-refractivity contribution >= 4 is 11.8 Å². The highest BCUT2D eigenvalue weighted by Gasteiger charge is 2.42. The molecule has 1 aliphatic heterocycles. The Morgan fingerprint density at radius 3 is 2.48 bits per heavy atom. The molecule has 126 valence electrons. The Hall–Kier alpha value is -2.12. The van der Waals surface area contributed by atoms with Crippen molar-refractivity contribution in [2.45, 2.75) is 18.9 Å². The van der Waals surface area contributed by atoms with Crippen LogP contribution in [-0.4, -0.2) is 62.7 Å². The molecule has 2 rings (SSSR count). The number of hydrogen-bond donors (Lipinski definition) is 1. The summed E-state index contributed by atoms with van der Waals surface area (Å²) in [5.41, 5.74) is 1.10. The molecule has 23 heavy (non-hydrogen) atoms. The van der Waals surface area contributed by atoms with Crippen molar-refractivity contribution in [1.29, 1.82) is 0 Å². The fourth-order valence-electron chi connectivity index (χ4n) is 2.73. The van der Waals surface area contributed by atoms with Crippen molar-refractivity contribution in [2.75, 3.05) is 34.9 Å². The number of amides is 2. The minimum absolute atomic E-state index is 0.146. The van der Waals surface area contributed by atoms with Crippen molar-refractivity contribution in [3.63, 3.8) is 0 Å². The van der Waals surface area contributed by atoms with Crippen LogP contribution in [0.4, 0.5) is 0 Å². The van der Waals surface area contributed by atoms with E-state index in [2.05, 4.69) is 0 Å². The molecule has 0 unspecified atom stereocenters. The van der Waals surface area contributed by atoms with Crippen LogP contribution in [0.15, 0.2) is 18.2 Å². The number of nitrogens with two attached hydrogens (primary N) is 1. The molecule has 1 saturated heterocycles. The molecule has 1 heterocycles. The maximum absolute atomic E-state index is 12.2. The Labute approximate surface area is 136 Å². The first-order valence-electron chi connectivity index (χ1n) is 7.56. The van der Waals surface area contributed by atoms with Gasteiger partial charge in [0.1, 0.15) is 0 Å². The largest absolute Gasteiger partial charge is 0.493 e. The molecular formula is C16H24N3O4+. The molecule has 1 aromatic carbocycles. The molecule has 0 aromatic heterocycles. The standard InChI is InChI=1S/C16H23N3O4/c1-18(2)19-15(20)10-12(16(19)21)17-8-7-11-5-6-13(22-3)14(9-11)23-4/h5-6,9,12,17H,7-8,10H2,1-4H3/p+1/t12-/m1/s1. The van der Waals surface area contributed by atoms with Crippen molar-refractivity contribution < 1.29 is 24.4 Å². The van der Waals surface area contributed by atoms with E-state index in [4.69, 9.17) is 9.47 Å². The average molecular weight is 322 g/mol. The van der Waals surface area contributed by atoms with Crippen molar-refractivity contribution in [3.8, 4) is 11.5 Å². The maximum Gasteiger partial charge on any atom is 0.302 e. The van der Waals surface area contributed by atoms with Crippen LogP contribution in [0.1, 0.15) is 12.0 Å². The van der Waals surface area contributed by atoms with Crippen LogP contribution in [0.25, 0.3) is 0 Å². The fraction of sp³-hybridized carbons (Fsp3) is 0.500. The van der Waals surface area contributed by atoms with Gasteiger partial charge in [-0.25, -0.2) is 10.0 Å². The highest BCUT2D eigenvalue weighted by Crippen LogP contribution is 2.27. The van der Waals surface area contributed by atoms with Crippen LogP contribution in [0.2, 0.25) is 0 Å². The van der Waals surface area contributed by atoms with E-state index in [1.807, 2.05) is 23.5 Å². The van der Waals surface area contributed by atoms with Crippen molar-refractivity contribution in [1.82, 2.24) is 10.0 Å². The van der Waals surface area contributed by atoms with Crippen LogP contribution in [0.3, 0.4) is 0 Å². The zero-order valence-corrected chi connectivity index (χ0v) is 14.0. The summed E-state index contributed by atoms with van der Waals surface area (Å²) in [4.78, 5) is 24.0. The average Bonchev–Trinajstić information content (AvgIpc) is 2.81. The van der Waals surface area contributed by atoms with Gasteiger partial charge in [0, 0.05) is 20.5 Å². The molecule has 1 aliphatic rings. The molecule has 1 fully saturated rings. The van der Waals surface area contributed by atoms with Crippen molar-refractivity contribution in [3.05, 3.63) is 23.8 Å². The number of carbonyl (C=O) groups excluding carboxylic acids is 2. The third-order valence-electron chi connectivity index (χ3n) is 3.89. The zero-order valence-electron chi connectivity index (χ0n) is 14.0. The minimum Gasteiger partial charge on any atom is -0.493 e. The van der Waals surface area contributed by atoms with Crippen LogP contribution < -0.4 is 14.8 Å². The van der Waals surface area contributed by atoms with E-state index in [0.717, 1.165) is 18.5 Å². The lowest BCUT2D eigenvalue weighted by molar-refractivity contribution is -0.674. The molecule has 0 bridgehead atoms. The summed E-state index contributed by atoms with van der Waals surface area (Å²) in [5, 5.41) is 4.67. The molecule has 0 saturated carbocycles. The summed E-state index contributed by atoms with van der Waals surface area (Å²) in [6.07, 6.45) is 1.03. The molecule has 0 spiro atoms. The second kappa shape index (κ2) is 7.43. The van der Waals surface area contributed by atoms with Gasteiger partial charge in [0.25, 0.3) is 5.91 Å². The van der Waals surface area contributed by atoms with Gasteiger partial charge in [-0.2, -0.15) is 0 Å². The normalized spacial score (nSPS) is 18.0. The molecule has 1 atom stereocenters. The summed E-state index contributed by atoms with van der Waals surface area (Å²) < 4.78 is 10.5. The van der Waals surface area contributed by atoms with Gasteiger partial charge in [0.05, 0.1) is 27.2 Å². The Morgan fingerprint density at radius 1 is 1.22 bits per heavy atom. The predicted molar refractivity (Wildman–Crippen MR) is 84.0 cm³/mol. The van der Waals surface area contributed by atoms with Gasteiger partial charge in [-0.3, -0.25) is 9.59 Å². The third kappa shape index (κ3) is 3.80. The minimum atomic E-state index is -0.329. The van der Waals surface area contributed by atoms with E-state index in [1.165, 1.54) is 10.0 Å². The second-order valence-electron chi connectivity index (χ2n) is 5.67. The Kier molecular flexibility index (Phi) is 5.57. The molecule has 2 N–H and O–H groups in total. The summed E-state index contributed by atoms with van der Waals surface area (Å²) in [7, 11) is 6.60. The van der Waals surface area contributed by atoms with E-state index in [0.29, 0.717) is 11.5 Å². The number of ether oxygens (including phenoxy) is 2. The Balaban J connectivity index is 1.91. The van der Waals surface area contributed by atoms with E-state index in [-0.39, 0.29) is 24.3 Å². The van der Waals surface area contributed by atoms with Gasteiger partial charge >= 0.3 is 5.91 Å². The quantitative estimate of drug-likeness (QED) is 0.680. The van der Waals surface area contributed by atoms with E-state index in [9.17, 15) is 9.59 Å². The highest BCUT2D eigenvalue weighted by atomic mass is 16.5. The van der Waals surface area contributed by atoms with Crippen LogP contribution in [0.5, 0.6) is 11.5 Å². The summed E-state index contributed by atoms with van der Waals surface area (Å²) in [6, 6.07) is 5.44. The first-order valence-corrected chi connectivity index (χ1v) is 7.56. The van der Waals surface area contributed by atoms with E-state index >= 15 is 0 Å². The summed E-state index contributed by atoms with van der Waals surface area (Å²) in [6.45, 7) is 0.723. The summed E-state index contributed by atoms with van der Waals surface area (Å²) >= 11 is 0. The van der Waals surface area contributed by atoms with Gasteiger partial charge in [0.15, 0.2) is 17.5 Å². The molecule has 7 heteroatoms. The number of imide groups is 1. The number of rotatable bonds is 7.